The number of hydrogen-bond donors (Lipinski definition) is 0. The first-order chi connectivity index (χ1) is 5.22. The molecule has 1 saturated heterocycles. The molecule has 1 heterocycles. The number of carbonyl (C=O) groups is 1. The summed E-state index contributed by atoms with van der Waals surface area (Å²) < 4.78 is 4.97. The van der Waals surface area contributed by atoms with E-state index in [2.05, 4.69) is 0 Å². The van der Waals surface area contributed by atoms with Gasteiger partial charge in [-0.2, -0.15) is 0 Å². The Morgan fingerprint density at radius 1 is 1.55 bits per heavy atom. The molecule has 0 saturated carbocycles. The minimum Gasteiger partial charge on any atom is -0.370 e. The summed E-state index contributed by atoms with van der Waals surface area (Å²) in [5.41, 5.74) is 0. The van der Waals surface area contributed by atoms with Gasteiger partial charge in [0.25, 0.3) is 0 Å². The highest BCUT2D eigenvalue weighted by Crippen LogP contribution is 2.02. The SMILES string of the molecule is CC.CC1COCC(=O)N1C. The van der Waals surface area contributed by atoms with Crippen molar-refractivity contribution in [2.45, 2.75) is 26.8 Å². The zero-order valence-electron chi connectivity index (χ0n) is 7.76. The third-order valence-electron chi connectivity index (χ3n) is 1.64. The van der Waals surface area contributed by atoms with Crippen LogP contribution < -0.4 is 0 Å². The summed E-state index contributed by atoms with van der Waals surface area (Å²) in [5, 5.41) is 0. The average Bonchev–Trinajstić information content (AvgIpc) is 2.04. The van der Waals surface area contributed by atoms with Crippen LogP contribution in [0.1, 0.15) is 20.8 Å². The van der Waals surface area contributed by atoms with Crippen LogP contribution in [0, 0.1) is 0 Å². The van der Waals surface area contributed by atoms with Crippen molar-refractivity contribution in [2.24, 2.45) is 0 Å². The van der Waals surface area contributed by atoms with Crippen molar-refractivity contribution >= 4 is 5.91 Å². The van der Waals surface area contributed by atoms with Gasteiger partial charge in [0.2, 0.25) is 5.91 Å². The Morgan fingerprint density at radius 2 is 2.09 bits per heavy atom. The molecule has 0 aromatic rings. The molecule has 1 fully saturated rings. The number of nitrogens with zero attached hydrogens (tertiary/aromatic N) is 1. The van der Waals surface area contributed by atoms with E-state index in [-0.39, 0.29) is 18.6 Å². The maximum Gasteiger partial charge on any atom is 0.248 e. The van der Waals surface area contributed by atoms with Crippen molar-refractivity contribution in [3.05, 3.63) is 0 Å². The fourth-order valence-electron chi connectivity index (χ4n) is 0.776. The number of amides is 1. The third kappa shape index (κ3) is 2.89. The molecule has 0 radical (unpaired) electrons. The van der Waals surface area contributed by atoms with Crippen molar-refractivity contribution in [1.29, 1.82) is 0 Å². The van der Waals surface area contributed by atoms with Gasteiger partial charge in [0.05, 0.1) is 12.6 Å². The lowest BCUT2D eigenvalue weighted by Gasteiger charge is -2.29. The summed E-state index contributed by atoms with van der Waals surface area (Å²) in [7, 11) is 1.80. The Morgan fingerprint density at radius 3 is 2.45 bits per heavy atom. The molecule has 1 atom stereocenters. The van der Waals surface area contributed by atoms with Crippen LogP contribution in [0.4, 0.5) is 0 Å². The zero-order chi connectivity index (χ0) is 8.85. The van der Waals surface area contributed by atoms with Crippen LogP contribution in [-0.4, -0.2) is 37.1 Å². The summed E-state index contributed by atoms with van der Waals surface area (Å²) in [5.74, 6) is 0.0775. The van der Waals surface area contributed by atoms with E-state index in [1.54, 1.807) is 11.9 Å². The Bertz CT molecular complexity index is 125. The maximum absolute atomic E-state index is 10.8. The van der Waals surface area contributed by atoms with Crippen molar-refractivity contribution in [3.8, 4) is 0 Å². The summed E-state index contributed by atoms with van der Waals surface area (Å²) >= 11 is 0. The van der Waals surface area contributed by atoms with Crippen molar-refractivity contribution in [2.75, 3.05) is 20.3 Å². The van der Waals surface area contributed by atoms with E-state index in [9.17, 15) is 4.79 Å². The summed E-state index contributed by atoms with van der Waals surface area (Å²) in [6.45, 7) is 6.89. The van der Waals surface area contributed by atoms with Gasteiger partial charge >= 0.3 is 0 Å². The van der Waals surface area contributed by atoms with E-state index in [1.165, 1.54) is 0 Å². The van der Waals surface area contributed by atoms with Gasteiger partial charge in [0.1, 0.15) is 6.61 Å². The number of morpholine rings is 1. The lowest BCUT2D eigenvalue weighted by atomic mass is 10.3. The largest absolute Gasteiger partial charge is 0.370 e. The predicted molar refractivity (Wildman–Crippen MR) is 44.4 cm³/mol. The third-order valence-corrected chi connectivity index (χ3v) is 1.64. The maximum atomic E-state index is 10.8. The van der Waals surface area contributed by atoms with Gasteiger partial charge in [-0.25, -0.2) is 0 Å². The van der Waals surface area contributed by atoms with E-state index >= 15 is 0 Å². The summed E-state index contributed by atoms with van der Waals surface area (Å²) in [4.78, 5) is 12.5. The van der Waals surface area contributed by atoms with E-state index in [0.717, 1.165) is 0 Å². The minimum atomic E-state index is 0.0775. The molecule has 0 N–H and O–H groups in total. The number of rotatable bonds is 0. The molecule has 0 spiro atoms. The molecule has 11 heavy (non-hydrogen) atoms. The van der Waals surface area contributed by atoms with Gasteiger partial charge in [-0.1, -0.05) is 13.8 Å². The molecular weight excluding hydrogens is 142 g/mol. The Hall–Kier alpha value is -0.570. The first-order valence-corrected chi connectivity index (χ1v) is 4.05. The number of ether oxygens (including phenoxy) is 1. The monoisotopic (exact) mass is 159 g/mol. The zero-order valence-corrected chi connectivity index (χ0v) is 7.76. The van der Waals surface area contributed by atoms with Crippen molar-refractivity contribution < 1.29 is 9.53 Å². The van der Waals surface area contributed by atoms with E-state index < -0.39 is 0 Å². The molecule has 0 bridgehead atoms. The van der Waals surface area contributed by atoms with E-state index in [4.69, 9.17) is 4.74 Å². The first kappa shape index (κ1) is 10.4. The van der Waals surface area contributed by atoms with Crippen LogP contribution in [-0.2, 0) is 9.53 Å². The normalized spacial score (nSPS) is 24.2. The smallest absolute Gasteiger partial charge is 0.248 e. The van der Waals surface area contributed by atoms with Gasteiger partial charge in [-0.05, 0) is 6.92 Å². The number of likely N-dealkylation sites (N-methyl/N-ethyl adjacent to an activating group) is 1. The average molecular weight is 159 g/mol. The first-order valence-electron chi connectivity index (χ1n) is 4.05. The van der Waals surface area contributed by atoms with E-state index in [1.807, 2.05) is 20.8 Å². The summed E-state index contributed by atoms with van der Waals surface area (Å²) in [6.07, 6.45) is 0. The van der Waals surface area contributed by atoms with Gasteiger partial charge in [-0.3, -0.25) is 4.79 Å². The van der Waals surface area contributed by atoms with Crippen LogP contribution in [0.5, 0.6) is 0 Å². The fourth-order valence-corrected chi connectivity index (χ4v) is 0.776. The molecule has 0 aromatic carbocycles. The number of hydrogen-bond acceptors (Lipinski definition) is 2. The predicted octanol–water partition coefficient (Wildman–Crippen LogP) is 0.890. The van der Waals surface area contributed by atoms with Crippen LogP contribution in [0.15, 0.2) is 0 Å². The number of carbonyl (C=O) groups excluding carboxylic acids is 1. The molecule has 1 aliphatic heterocycles. The van der Waals surface area contributed by atoms with Crippen LogP contribution in [0.2, 0.25) is 0 Å². The lowest BCUT2D eigenvalue weighted by Crippen LogP contribution is -2.45. The van der Waals surface area contributed by atoms with E-state index in [0.29, 0.717) is 6.61 Å². The molecule has 0 aliphatic carbocycles. The molecule has 1 unspecified atom stereocenters. The van der Waals surface area contributed by atoms with Crippen molar-refractivity contribution in [1.82, 2.24) is 4.90 Å². The highest BCUT2D eigenvalue weighted by Gasteiger charge is 2.20. The van der Waals surface area contributed by atoms with Gasteiger partial charge in [-0.15, -0.1) is 0 Å². The summed E-state index contributed by atoms with van der Waals surface area (Å²) in [6, 6.07) is 0.242. The molecular formula is C8H17NO2. The minimum absolute atomic E-state index is 0.0775. The molecule has 3 heteroatoms. The molecule has 1 aliphatic rings. The highest BCUT2D eigenvalue weighted by molar-refractivity contribution is 5.78. The van der Waals surface area contributed by atoms with Gasteiger partial charge < -0.3 is 9.64 Å². The van der Waals surface area contributed by atoms with Crippen LogP contribution in [0.3, 0.4) is 0 Å². The Kier molecular flexibility index (Phi) is 4.86. The van der Waals surface area contributed by atoms with Crippen LogP contribution in [0.25, 0.3) is 0 Å². The highest BCUT2D eigenvalue weighted by atomic mass is 16.5. The quantitative estimate of drug-likeness (QED) is 0.525. The Labute approximate surface area is 68.3 Å². The van der Waals surface area contributed by atoms with Crippen molar-refractivity contribution in [3.63, 3.8) is 0 Å². The van der Waals surface area contributed by atoms with Crippen LogP contribution >= 0.6 is 0 Å². The molecule has 1 amide bonds. The van der Waals surface area contributed by atoms with Gasteiger partial charge in [0, 0.05) is 7.05 Å². The fraction of sp³-hybridized carbons (Fsp3) is 0.875. The second-order valence-electron chi connectivity index (χ2n) is 2.37. The second kappa shape index (κ2) is 5.13. The van der Waals surface area contributed by atoms with Gasteiger partial charge in [0.15, 0.2) is 0 Å². The topological polar surface area (TPSA) is 29.5 Å². The second-order valence-corrected chi connectivity index (χ2v) is 2.37. The molecule has 66 valence electrons. The molecule has 0 aromatic heterocycles. The lowest BCUT2D eigenvalue weighted by molar-refractivity contribution is -0.144. The molecule has 3 nitrogen and oxygen atoms in total. The standard InChI is InChI=1S/C6H11NO2.C2H6/c1-5-3-9-4-6(8)7(5)2;1-2/h5H,3-4H2,1-2H3;1-2H3. The Balaban J connectivity index is 0.000000461. The molecule has 1 rings (SSSR count).